The van der Waals surface area contributed by atoms with Crippen LogP contribution in [0.15, 0.2) is 23.1 Å². The van der Waals surface area contributed by atoms with E-state index in [1.165, 1.54) is 19.2 Å². The second-order valence-corrected chi connectivity index (χ2v) is 4.07. The lowest BCUT2D eigenvalue weighted by Crippen LogP contribution is -2.09. The minimum Gasteiger partial charge on any atom is -0.496 e. The van der Waals surface area contributed by atoms with Crippen molar-refractivity contribution in [3.05, 3.63) is 23.8 Å². The van der Waals surface area contributed by atoms with Gasteiger partial charge in [0.25, 0.3) is 0 Å². The molecule has 1 aromatic rings. The van der Waals surface area contributed by atoms with Gasteiger partial charge in [0.05, 0.1) is 7.11 Å². The van der Waals surface area contributed by atoms with Gasteiger partial charge >= 0.3 is 6.18 Å². The van der Waals surface area contributed by atoms with Gasteiger partial charge in [0.15, 0.2) is 0 Å². The van der Waals surface area contributed by atoms with E-state index >= 15 is 0 Å². The lowest BCUT2D eigenvalue weighted by Gasteiger charge is -2.15. The van der Waals surface area contributed by atoms with Crippen LogP contribution in [0.25, 0.3) is 0 Å². The van der Waals surface area contributed by atoms with Gasteiger partial charge in [-0.15, -0.1) is 11.8 Å². The van der Waals surface area contributed by atoms with E-state index in [9.17, 15) is 13.2 Å². The van der Waals surface area contributed by atoms with Gasteiger partial charge in [-0.05, 0) is 17.9 Å². The molecule has 0 aliphatic heterocycles. The van der Waals surface area contributed by atoms with E-state index in [4.69, 9.17) is 4.74 Å². The summed E-state index contributed by atoms with van der Waals surface area (Å²) in [6, 6.07) is 4.34. The standard InChI is InChI=1S/C10H11F3OS/c1-3-15-8-6-4-5-7(14-2)9(8)10(11,12)13/h4-6H,3H2,1-2H3. The number of rotatable bonds is 3. The van der Waals surface area contributed by atoms with Gasteiger partial charge in [-0.2, -0.15) is 13.2 Å². The SMILES string of the molecule is CCSc1cccc(OC)c1C(F)(F)F. The number of halogens is 3. The van der Waals surface area contributed by atoms with Gasteiger partial charge < -0.3 is 4.74 Å². The van der Waals surface area contributed by atoms with Crippen molar-refractivity contribution in [1.82, 2.24) is 0 Å². The summed E-state index contributed by atoms with van der Waals surface area (Å²) in [5.41, 5.74) is -0.681. The first-order valence-corrected chi connectivity index (χ1v) is 5.36. The molecule has 0 saturated heterocycles. The van der Waals surface area contributed by atoms with Crippen LogP contribution < -0.4 is 4.74 Å². The van der Waals surface area contributed by atoms with Crippen molar-refractivity contribution in [2.45, 2.75) is 18.0 Å². The molecule has 0 aliphatic carbocycles. The van der Waals surface area contributed by atoms with Crippen LogP contribution in [0.1, 0.15) is 12.5 Å². The first-order chi connectivity index (χ1) is 7.00. The third-order valence-corrected chi connectivity index (χ3v) is 2.73. The summed E-state index contributed by atoms with van der Waals surface area (Å²) in [6.07, 6.45) is -4.37. The van der Waals surface area contributed by atoms with Crippen molar-refractivity contribution in [2.75, 3.05) is 12.9 Å². The molecule has 0 fully saturated rings. The first-order valence-electron chi connectivity index (χ1n) is 4.37. The Hall–Kier alpha value is -0.840. The average molecular weight is 236 g/mol. The maximum absolute atomic E-state index is 12.7. The van der Waals surface area contributed by atoms with Crippen LogP contribution in [-0.2, 0) is 6.18 Å². The molecule has 0 unspecified atom stereocenters. The fraction of sp³-hybridized carbons (Fsp3) is 0.400. The van der Waals surface area contributed by atoms with Crippen LogP contribution in [0.5, 0.6) is 5.75 Å². The number of alkyl halides is 3. The monoisotopic (exact) mass is 236 g/mol. The Balaban J connectivity index is 3.27. The highest BCUT2D eigenvalue weighted by Crippen LogP contribution is 2.42. The summed E-state index contributed by atoms with van der Waals surface area (Å²) in [5.74, 6) is 0.469. The molecule has 0 N–H and O–H groups in total. The molecule has 0 aliphatic rings. The molecule has 1 aromatic carbocycles. The highest BCUT2D eigenvalue weighted by molar-refractivity contribution is 7.99. The molecule has 0 atom stereocenters. The van der Waals surface area contributed by atoms with E-state index in [2.05, 4.69) is 0 Å². The Bertz CT molecular complexity index is 336. The smallest absolute Gasteiger partial charge is 0.421 e. The van der Waals surface area contributed by atoms with Gasteiger partial charge in [0.1, 0.15) is 11.3 Å². The van der Waals surface area contributed by atoms with Crippen LogP contribution in [0.4, 0.5) is 13.2 Å². The quantitative estimate of drug-likeness (QED) is 0.738. The summed E-state index contributed by atoms with van der Waals surface area (Å²) in [5, 5.41) is 0. The topological polar surface area (TPSA) is 9.23 Å². The summed E-state index contributed by atoms with van der Waals surface area (Å²) in [4.78, 5) is 0.212. The molecule has 0 saturated carbocycles. The normalized spacial score (nSPS) is 11.5. The van der Waals surface area contributed by atoms with E-state index in [0.717, 1.165) is 11.8 Å². The number of hydrogen-bond donors (Lipinski definition) is 0. The van der Waals surface area contributed by atoms with Crippen LogP contribution in [0, 0.1) is 0 Å². The number of hydrogen-bond acceptors (Lipinski definition) is 2. The van der Waals surface area contributed by atoms with Gasteiger partial charge in [-0.25, -0.2) is 0 Å². The zero-order chi connectivity index (χ0) is 11.5. The van der Waals surface area contributed by atoms with Gasteiger partial charge in [-0.1, -0.05) is 13.0 Å². The minimum absolute atomic E-state index is 0.124. The molecule has 15 heavy (non-hydrogen) atoms. The van der Waals surface area contributed by atoms with E-state index < -0.39 is 11.7 Å². The van der Waals surface area contributed by atoms with Gasteiger partial charge in [0.2, 0.25) is 0 Å². The Morgan fingerprint density at radius 1 is 1.33 bits per heavy atom. The van der Waals surface area contributed by atoms with Crippen molar-refractivity contribution >= 4 is 11.8 Å². The third-order valence-electron chi connectivity index (χ3n) is 1.79. The third kappa shape index (κ3) is 2.81. The molecule has 5 heteroatoms. The predicted molar refractivity (Wildman–Crippen MR) is 54.4 cm³/mol. The summed E-state index contributed by atoms with van der Waals surface area (Å²) < 4.78 is 42.9. The zero-order valence-corrected chi connectivity index (χ0v) is 9.21. The summed E-state index contributed by atoms with van der Waals surface area (Å²) in [6.45, 7) is 1.81. The summed E-state index contributed by atoms with van der Waals surface area (Å²) in [7, 11) is 1.24. The van der Waals surface area contributed by atoms with Gasteiger partial charge in [0, 0.05) is 4.90 Å². The van der Waals surface area contributed by atoms with E-state index in [1.54, 1.807) is 6.07 Å². The lowest BCUT2D eigenvalue weighted by molar-refractivity contribution is -0.140. The Labute approximate surface area is 90.6 Å². The average Bonchev–Trinajstić information content (AvgIpc) is 2.16. The number of methoxy groups -OCH3 is 1. The van der Waals surface area contributed by atoms with Crippen molar-refractivity contribution in [2.24, 2.45) is 0 Å². The number of benzene rings is 1. The predicted octanol–water partition coefficient (Wildman–Crippen LogP) is 3.83. The fourth-order valence-corrected chi connectivity index (χ4v) is 2.08. The molecule has 84 valence electrons. The van der Waals surface area contributed by atoms with Crippen LogP contribution in [0.2, 0.25) is 0 Å². The first kappa shape index (κ1) is 12.2. The van der Waals surface area contributed by atoms with Crippen LogP contribution in [0.3, 0.4) is 0 Å². The highest BCUT2D eigenvalue weighted by Gasteiger charge is 2.36. The fourth-order valence-electron chi connectivity index (χ4n) is 1.24. The van der Waals surface area contributed by atoms with Crippen molar-refractivity contribution < 1.29 is 17.9 Å². The molecule has 0 spiro atoms. The van der Waals surface area contributed by atoms with E-state index in [-0.39, 0.29) is 10.6 Å². The van der Waals surface area contributed by atoms with Crippen molar-refractivity contribution in [3.63, 3.8) is 0 Å². The lowest BCUT2D eigenvalue weighted by atomic mass is 10.2. The number of ether oxygens (including phenoxy) is 1. The minimum atomic E-state index is -4.37. The summed E-state index contributed by atoms with van der Waals surface area (Å²) >= 11 is 1.16. The second-order valence-electron chi connectivity index (χ2n) is 2.76. The molecule has 0 radical (unpaired) electrons. The van der Waals surface area contributed by atoms with E-state index in [1.807, 2.05) is 6.92 Å². The van der Waals surface area contributed by atoms with E-state index in [0.29, 0.717) is 5.75 Å². The van der Waals surface area contributed by atoms with Gasteiger partial charge in [-0.3, -0.25) is 0 Å². The van der Waals surface area contributed by atoms with Crippen LogP contribution >= 0.6 is 11.8 Å². The molecule has 0 bridgehead atoms. The molecular weight excluding hydrogens is 225 g/mol. The Kier molecular flexibility index (Phi) is 3.90. The number of thioether (sulfide) groups is 1. The second kappa shape index (κ2) is 4.79. The Morgan fingerprint density at radius 3 is 2.47 bits per heavy atom. The van der Waals surface area contributed by atoms with Crippen molar-refractivity contribution in [1.29, 1.82) is 0 Å². The van der Waals surface area contributed by atoms with Crippen LogP contribution in [-0.4, -0.2) is 12.9 Å². The molecule has 1 nitrogen and oxygen atoms in total. The largest absolute Gasteiger partial charge is 0.496 e. The highest BCUT2D eigenvalue weighted by atomic mass is 32.2. The zero-order valence-electron chi connectivity index (χ0n) is 8.39. The molecule has 1 rings (SSSR count). The Morgan fingerprint density at radius 2 is 2.00 bits per heavy atom. The van der Waals surface area contributed by atoms with Crippen molar-refractivity contribution in [3.8, 4) is 5.75 Å². The maximum Gasteiger partial charge on any atom is 0.421 e. The molecular formula is C10H11F3OS. The molecule has 0 amide bonds. The molecule has 0 heterocycles. The maximum atomic E-state index is 12.7. The molecule has 0 aromatic heterocycles.